The Bertz CT molecular complexity index is 1190. The number of hydrogen-bond donors (Lipinski definition) is 1. The van der Waals surface area contributed by atoms with Crippen LogP contribution >= 0.6 is 0 Å². The monoisotopic (exact) mass is 396 g/mol. The Morgan fingerprint density at radius 1 is 0.900 bits per heavy atom. The second-order valence-corrected chi connectivity index (χ2v) is 7.53. The lowest BCUT2D eigenvalue weighted by Crippen LogP contribution is -2.10. The Balaban J connectivity index is 1.51. The van der Waals surface area contributed by atoms with Gasteiger partial charge in [-0.15, -0.1) is 0 Å². The molecule has 0 spiro atoms. The van der Waals surface area contributed by atoms with Gasteiger partial charge in [0.25, 0.3) is 0 Å². The zero-order chi connectivity index (χ0) is 20.5. The van der Waals surface area contributed by atoms with E-state index < -0.39 is 0 Å². The molecule has 1 atom stereocenters. The molecule has 1 N–H and O–H groups in total. The van der Waals surface area contributed by atoms with Gasteiger partial charge >= 0.3 is 0 Å². The fraction of sp³-hybridized carbons (Fsp3) is 0.120. The smallest absolute Gasteiger partial charge is 0.123 e. The molecule has 4 nitrogen and oxygen atoms in total. The van der Waals surface area contributed by atoms with Crippen LogP contribution in [0.3, 0.4) is 0 Å². The number of rotatable bonds is 4. The second kappa shape index (κ2) is 7.59. The average molecular weight is 396 g/mol. The molecule has 0 saturated heterocycles. The van der Waals surface area contributed by atoms with E-state index in [1.54, 1.807) is 12.1 Å². The quantitative estimate of drug-likeness (QED) is 0.500. The van der Waals surface area contributed by atoms with E-state index in [2.05, 4.69) is 41.7 Å². The van der Waals surface area contributed by atoms with E-state index in [1.807, 2.05) is 41.2 Å². The molecular weight excluding hydrogens is 375 g/mol. The number of aryl methyl sites for hydroxylation is 1. The van der Waals surface area contributed by atoms with Crippen LogP contribution in [0.4, 0.5) is 4.39 Å². The molecule has 2 heterocycles. The van der Waals surface area contributed by atoms with Crippen molar-refractivity contribution in [1.82, 2.24) is 15.2 Å². The second-order valence-electron chi connectivity index (χ2n) is 7.53. The topological polar surface area (TPSA) is 42.2 Å². The van der Waals surface area contributed by atoms with Crippen molar-refractivity contribution in [3.63, 3.8) is 0 Å². The standard InChI is InChI=1S/C25H21FN4/c1-17-7-9-18(10-8-17)23-15-24(28-27-23)22-16-30(21-5-3-2-4-6-21)29-25(22)19-11-13-20(26)14-12-19/h2-14,16,24,28H,15H2,1H3. The minimum atomic E-state index is -0.258. The molecule has 1 unspecified atom stereocenters. The van der Waals surface area contributed by atoms with Crippen LogP contribution in [0.15, 0.2) is 90.2 Å². The third-order valence-corrected chi connectivity index (χ3v) is 5.39. The van der Waals surface area contributed by atoms with Crippen LogP contribution in [0.2, 0.25) is 0 Å². The molecule has 4 aromatic rings. The number of nitrogens with one attached hydrogen (secondary N) is 1. The first-order chi connectivity index (χ1) is 14.7. The van der Waals surface area contributed by atoms with Crippen molar-refractivity contribution < 1.29 is 4.39 Å². The first kappa shape index (κ1) is 18.3. The largest absolute Gasteiger partial charge is 0.302 e. The molecule has 0 fully saturated rings. The lowest BCUT2D eigenvalue weighted by Gasteiger charge is -2.10. The summed E-state index contributed by atoms with van der Waals surface area (Å²) in [7, 11) is 0. The molecule has 3 aromatic carbocycles. The fourth-order valence-corrected chi connectivity index (χ4v) is 3.74. The van der Waals surface area contributed by atoms with Gasteiger partial charge in [-0.2, -0.15) is 10.2 Å². The zero-order valence-electron chi connectivity index (χ0n) is 16.6. The lowest BCUT2D eigenvalue weighted by atomic mass is 9.97. The van der Waals surface area contributed by atoms with Gasteiger partial charge in [-0.05, 0) is 48.9 Å². The lowest BCUT2D eigenvalue weighted by molar-refractivity contribution is 0.620. The predicted molar refractivity (Wildman–Crippen MR) is 117 cm³/mol. The number of benzene rings is 3. The summed E-state index contributed by atoms with van der Waals surface area (Å²) in [5, 5.41) is 9.43. The molecule has 0 radical (unpaired) electrons. The summed E-state index contributed by atoms with van der Waals surface area (Å²) in [6, 6.07) is 24.9. The highest BCUT2D eigenvalue weighted by atomic mass is 19.1. The maximum absolute atomic E-state index is 13.5. The number of hydrazone groups is 1. The summed E-state index contributed by atoms with van der Waals surface area (Å²) < 4.78 is 15.4. The molecule has 0 aliphatic carbocycles. The van der Waals surface area contributed by atoms with Gasteiger partial charge in [-0.3, -0.25) is 0 Å². The highest BCUT2D eigenvalue weighted by Crippen LogP contribution is 2.33. The van der Waals surface area contributed by atoms with Gasteiger partial charge in [0.05, 0.1) is 23.1 Å². The molecule has 1 aromatic heterocycles. The van der Waals surface area contributed by atoms with Crippen LogP contribution in [0.1, 0.15) is 29.2 Å². The van der Waals surface area contributed by atoms with Gasteiger partial charge in [-0.1, -0.05) is 48.0 Å². The van der Waals surface area contributed by atoms with Crippen molar-refractivity contribution in [2.45, 2.75) is 19.4 Å². The number of nitrogens with zero attached hydrogens (tertiary/aromatic N) is 3. The van der Waals surface area contributed by atoms with Crippen molar-refractivity contribution in [3.8, 4) is 16.9 Å². The summed E-state index contributed by atoms with van der Waals surface area (Å²) in [5.74, 6) is -0.258. The van der Waals surface area contributed by atoms with E-state index in [-0.39, 0.29) is 11.9 Å². The van der Waals surface area contributed by atoms with Crippen molar-refractivity contribution in [2.75, 3.05) is 0 Å². The zero-order valence-corrected chi connectivity index (χ0v) is 16.6. The fourth-order valence-electron chi connectivity index (χ4n) is 3.74. The summed E-state index contributed by atoms with van der Waals surface area (Å²) in [6.45, 7) is 2.08. The molecule has 5 rings (SSSR count). The third-order valence-electron chi connectivity index (χ3n) is 5.39. The van der Waals surface area contributed by atoms with Gasteiger partial charge in [0.15, 0.2) is 0 Å². The molecular formula is C25H21FN4. The number of para-hydroxylation sites is 1. The van der Waals surface area contributed by atoms with Gasteiger partial charge in [0, 0.05) is 23.7 Å². The van der Waals surface area contributed by atoms with E-state index >= 15 is 0 Å². The van der Waals surface area contributed by atoms with Gasteiger partial charge in [-0.25, -0.2) is 9.07 Å². The number of hydrogen-bond acceptors (Lipinski definition) is 3. The van der Waals surface area contributed by atoms with Crippen molar-refractivity contribution in [2.24, 2.45) is 5.10 Å². The van der Waals surface area contributed by atoms with E-state index in [1.165, 1.54) is 17.7 Å². The van der Waals surface area contributed by atoms with Crippen LogP contribution in [-0.2, 0) is 0 Å². The van der Waals surface area contributed by atoms with E-state index in [9.17, 15) is 4.39 Å². The minimum Gasteiger partial charge on any atom is -0.302 e. The Morgan fingerprint density at radius 2 is 1.60 bits per heavy atom. The SMILES string of the molecule is Cc1ccc(C2=NNC(c3cn(-c4ccccc4)nc3-c3ccc(F)cc3)C2)cc1. The molecule has 1 aliphatic rings. The number of aromatic nitrogens is 2. The average Bonchev–Trinajstić information content (AvgIpc) is 3.43. The molecule has 0 bridgehead atoms. The molecule has 0 amide bonds. The molecule has 5 heteroatoms. The minimum absolute atomic E-state index is 0.00109. The summed E-state index contributed by atoms with van der Waals surface area (Å²) in [4.78, 5) is 0. The highest BCUT2D eigenvalue weighted by Gasteiger charge is 2.26. The molecule has 0 saturated carbocycles. The van der Waals surface area contributed by atoms with Crippen molar-refractivity contribution in [3.05, 3.63) is 108 Å². The number of halogens is 1. The summed E-state index contributed by atoms with van der Waals surface area (Å²) in [5.41, 5.74) is 10.4. The maximum Gasteiger partial charge on any atom is 0.123 e. The first-order valence-electron chi connectivity index (χ1n) is 9.97. The Hall–Kier alpha value is -3.73. The predicted octanol–water partition coefficient (Wildman–Crippen LogP) is 5.43. The van der Waals surface area contributed by atoms with Crippen LogP contribution in [0.5, 0.6) is 0 Å². The van der Waals surface area contributed by atoms with E-state index in [0.29, 0.717) is 0 Å². The summed E-state index contributed by atoms with van der Waals surface area (Å²) in [6.07, 6.45) is 2.80. The van der Waals surface area contributed by atoms with E-state index in [4.69, 9.17) is 5.10 Å². The van der Waals surface area contributed by atoms with Crippen LogP contribution in [-0.4, -0.2) is 15.5 Å². The molecule has 148 valence electrons. The Labute approximate surface area is 174 Å². The van der Waals surface area contributed by atoms with Crippen LogP contribution < -0.4 is 5.43 Å². The van der Waals surface area contributed by atoms with Gasteiger partial charge in [0.1, 0.15) is 5.82 Å². The molecule has 1 aliphatic heterocycles. The van der Waals surface area contributed by atoms with Crippen LogP contribution in [0, 0.1) is 12.7 Å². The highest BCUT2D eigenvalue weighted by molar-refractivity contribution is 6.02. The van der Waals surface area contributed by atoms with Gasteiger partial charge in [0.2, 0.25) is 0 Å². The van der Waals surface area contributed by atoms with Crippen LogP contribution in [0.25, 0.3) is 16.9 Å². The van der Waals surface area contributed by atoms with Gasteiger partial charge < -0.3 is 5.43 Å². The third kappa shape index (κ3) is 3.50. The maximum atomic E-state index is 13.5. The van der Waals surface area contributed by atoms with E-state index in [0.717, 1.165) is 40.2 Å². The Morgan fingerprint density at radius 3 is 2.33 bits per heavy atom. The van der Waals surface area contributed by atoms with Crippen molar-refractivity contribution >= 4 is 5.71 Å². The summed E-state index contributed by atoms with van der Waals surface area (Å²) >= 11 is 0. The Kier molecular flexibility index (Phi) is 4.64. The van der Waals surface area contributed by atoms with Crippen molar-refractivity contribution in [1.29, 1.82) is 0 Å². The normalized spacial score (nSPS) is 15.7. The molecule has 30 heavy (non-hydrogen) atoms. The first-order valence-corrected chi connectivity index (χ1v) is 9.97.